The number of carbonyl (C=O) groups is 2. The highest BCUT2D eigenvalue weighted by molar-refractivity contribution is 7.71. The van der Waals surface area contributed by atoms with E-state index in [4.69, 9.17) is 12.2 Å². The number of rotatable bonds is 7. The van der Waals surface area contributed by atoms with Crippen LogP contribution in [0.5, 0.6) is 0 Å². The summed E-state index contributed by atoms with van der Waals surface area (Å²) < 4.78 is 3.76. The maximum absolute atomic E-state index is 12.6. The number of amides is 2. The second kappa shape index (κ2) is 9.70. The van der Waals surface area contributed by atoms with Gasteiger partial charge in [-0.25, -0.2) is 4.68 Å². The number of carbonyl (C=O) groups excluding carboxylic acids is 2. The van der Waals surface area contributed by atoms with E-state index in [1.54, 1.807) is 6.07 Å². The first-order valence-corrected chi connectivity index (χ1v) is 10.6. The summed E-state index contributed by atoms with van der Waals surface area (Å²) in [4.78, 5) is 25.1. The molecule has 0 saturated carbocycles. The smallest absolute Gasteiger partial charge is 0.251 e. The second-order valence-electron chi connectivity index (χ2n) is 7.46. The fourth-order valence-corrected chi connectivity index (χ4v) is 3.66. The van der Waals surface area contributed by atoms with Gasteiger partial charge in [-0.2, -0.15) is 5.10 Å². The summed E-state index contributed by atoms with van der Waals surface area (Å²) in [6.45, 7) is 8.57. The Morgan fingerprint density at radius 3 is 2.52 bits per heavy atom. The Hall–Kier alpha value is -3.26. The molecule has 7 nitrogen and oxygen atoms in total. The molecule has 0 atom stereocenters. The normalized spacial score (nSPS) is 10.7. The SMILES string of the molecule is CCn1c(CNC(=O)c2ccccc2C)nn(CC(=O)Nc2cc(C)ccc2C)c1=S. The van der Waals surface area contributed by atoms with Gasteiger partial charge in [-0.1, -0.05) is 30.3 Å². The van der Waals surface area contributed by atoms with Gasteiger partial charge in [0.15, 0.2) is 10.6 Å². The third kappa shape index (κ3) is 5.27. The lowest BCUT2D eigenvalue weighted by Gasteiger charge is -2.09. The molecule has 0 aliphatic heterocycles. The standard InChI is InChI=1S/C23H27N5O2S/c1-5-27-20(13-24-22(30)18-9-7-6-8-16(18)3)26-28(23(27)31)14-21(29)25-19-12-15(2)10-11-17(19)4/h6-12H,5,13-14H2,1-4H3,(H,24,30)(H,25,29). The van der Waals surface area contributed by atoms with Crippen molar-refractivity contribution in [1.82, 2.24) is 19.7 Å². The third-order valence-electron chi connectivity index (χ3n) is 5.07. The molecular weight excluding hydrogens is 410 g/mol. The largest absolute Gasteiger partial charge is 0.345 e. The van der Waals surface area contributed by atoms with Gasteiger partial charge in [0.1, 0.15) is 6.54 Å². The van der Waals surface area contributed by atoms with Crippen molar-refractivity contribution < 1.29 is 9.59 Å². The van der Waals surface area contributed by atoms with Crippen molar-refractivity contribution in [2.75, 3.05) is 5.32 Å². The van der Waals surface area contributed by atoms with Crippen LogP contribution in [0.25, 0.3) is 0 Å². The number of anilines is 1. The Morgan fingerprint density at radius 2 is 1.81 bits per heavy atom. The highest BCUT2D eigenvalue weighted by atomic mass is 32.1. The Morgan fingerprint density at radius 1 is 1.06 bits per heavy atom. The number of aryl methyl sites for hydroxylation is 3. The Labute approximate surface area is 187 Å². The van der Waals surface area contributed by atoms with Gasteiger partial charge in [0.05, 0.1) is 6.54 Å². The number of hydrogen-bond acceptors (Lipinski definition) is 4. The number of nitrogens with one attached hydrogen (secondary N) is 2. The lowest BCUT2D eigenvalue weighted by Crippen LogP contribution is -2.25. The fraction of sp³-hybridized carbons (Fsp3) is 0.304. The zero-order valence-electron chi connectivity index (χ0n) is 18.2. The number of benzene rings is 2. The summed E-state index contributed by atoms with van der Waals surface area (Å²) in [5.74, 6) is 0.226. The van der Waals surface area contributed by atoms with Gasteiger partial charge in [-0.05, 0) is 68.7 Å². The molecular formula is C23H27N5O2S. The quantitative estimate of drug-likeness (QED) is 0.549. The molecule has 2 amide bonds. The molecule has 0 spiro atoms. The van der Waals surface area contributed by atoms with Crippen LogP contribution in [-0.4, -0.2) is 26.2 Å². The Bertz CT molecular complexity index is 1180. The van der Waals surface area contributed by atoms with Crippen LogP contribution < -0.4 is 10.6 Å². The highest BCUT2D eigenvalue weighted by Crippen LogP contribution is 2.16. The fourth-order valence-electron chi connectivity index (χ4n) is 3.32. The van der Waals surface area contributed by atoms with Crippen molar-refractivity contribution in [3.63, 3.8) is 0 Å². The number of nitrogens with zero attached hydrogens (tertiary/aromatic N) is 3. The van der Waals surface area contributed by atoms with Crippen LogP contribution in [0.4, 0.5) is 5.69 Å². The van der Waals surface area contributed by atoms with Crippen molar-refractivity contribution in [3.05, 3.63) is 75.3 Å². The van der Waals surface area contributed by atoms with Crippen LogP contribution in [0.15, 0.2) is 42.5 Å². The van der Waals surface area contributed by atoms with E-state index in [0.717, 1.165) is 22.4 Å². The molecule has 0 bridgehead atoms. The Balaban J connectivity index is 1.72. The predicted octanol–water partition coefficient (Wildman–Crippen LogP) is 3.93. The van der Waals surface area contributed by atoms with Crippen LogP contribution in [0, 0.1) is 25.5 Å². The van der Waals surface area contributed by atoms with Gasteiger partial charge in [0.2, 0.25) is 5.91 Å². The lowest BCUT2D eigenvalue weighted by molar-refractivity contribution is -0.116. The van der Waals surface area contributed by atoms with Gasteiger partial charge in [-0.3, -0.25) is 9.59 Å². The van der Waals surface area contributed by atoms with Gasteiger partial charge in [-0.15, -0.1) is 0 Å². The summed E-state index contributed by atoms with van der Waals surface area (Å²) >= 11 is 5.51. The zero-order valence-corrected chi connectivity index (χ0v) is 19.0. The van der Waals surface area contributed by atoms with Gasteiger partial charge < -0.3 is 15.2 Å². The van der Waals surface area contributed by atoms with Crippen LogP contribution in [-0.2, 0) is 24.4 Å². The van der Waals surface area contributed by atoms with Crippen LogP contribution in [0.1, 0.15) is 39.8 Å². The first-order valence-electron chi connectivity index (χ1n) is 10.2. The van der Waals surface area contributed by atoms with E-state index < -0.39 is 0 Å². The van der Waals surface area contributed by atoms with Crippen LogP contribution >= 0.6 is 12.2 Å². The molecule has 162 valence electrons. The molecule has 0 aliphatic rings. The predicted molar refractivity (Wildman–Crippen MR) is 124 cm³/mol. The monoisotopic (exact) mass is 437 g/mol. The van der Waals surface area contributed by atoms with E-state index in [0.29, 0.717) is 22.7 Å². The molecule has 8 heteroatoms. The maximum Gasteiger partial charge on any atom is 0.251 e. The van der Waals surface area contributed by atoms with E-state index in [1.807, 2.05) is 68.7 Å². The number of aromatic nitrogens is 3. The maximum atomic E-state index is 12.6. The summed E-state index contributed by atoms with van der Waals surface area (Å²) in [5.41, 5.74) is 4.36. The van der Waals surface area contributed by atoms with Crippen molar-refractivity contribution in [3.8, 4) is 0 Å². The average Bonchev–Trinajstić information content (AvgIpc) is 3.03. The first-order chi connectivity index (χ1) is 14.8. The van der Waals surface area contributed by atoms with E-state index in [-0.39, 0.29) is 24.9 Å². The van der Waals surface area contributed by atoms with Gasteiger partial charge >= 0.3 is 0 Å². The third-order valence-corrected chi connectivity index (χ3v) is 5.50. The Kier molecular flexibility index (Phi) is 7.02. The molecule has 0 fully saturated rings. The summed E-state index contributed by atoms with van der Waals surface area (Å²) in [7, 11) is 0. The summed E-state index contributed by atoms with van der Waals surface area (Å²) in [5, 5.41) is 10.3. The molecule has 1 heterocycles. The lowest BCUT2D eigenvalue weighted by atomic mass is 10.1. The molecule has 1 aromatic heterocycles. The molecule has 0 radical (unpaired) electrons. The first kappa shape index (κ1) is 22.4. The molecule has 2 aromatic carbocycles. The minimum Gasteiger partial charge on any atom is -0.345 e. The van der Waals surface area contributed by atoms with E-state index in [9.17, 15) is 9.59 Å². The average molecular weight is 438 g/mol. The van der Waals surface area contributed by atoms with Crippen molar-refractivity contribution >= 4 is 29.7 Å². The summed E-state index contributed by atoms with van der Waals surface area (Å²) in [6.07, 6.45) is 0. The van der Waals surface area contributed by atoms with Gasteiger partial charge in [0, 0.05) is 17.8 Å². The van der Waals surface area contributed by atoms with Crippen molar-refractivity contribution in [2.45, 2.75) is 47.3 Å². The minimum absolute atomic E-state index is 0.00203. The molecule has 2 N–H and O–H groups in total. The minimum atomic E-state index is -0.207. The van der Waals surface area contributed by atoms with E-state index >= 15 is 0 Å². The second-order valence-corrected chi connectivity index (χ2v) is 7.83. The molecule has 0 saturated heterocycles. The molecule has 0 unspecified atom stereocenters. The van der Waals surface area contributed by atoms with Crippen molar-refractivity contribution in [2.24, 2.45) is 0 Å². The highest BCUT2D eigenvalue weighted by Gasteiger charge is 2.15. The number of hydrogen-bond donors (Lipinski definition) is 2. The van der Waals surface area contributed by atoms with Crippen LogP contribution in [0.2, 0.25) is 0 Å². The van der Waals surface area contributed by atoms with E-state index in [2.05, 4.69) is 15.7 Å². The van der Waals surface area contributed by atoms with Crippen LogP contribution in [0.3, 0.4) is 0 Å². The topological polar surface area (TPSA) is 81.0 Å². The zero-order chi connectivity index (χ0) is 22.5. The molecule has 3 rings (SSSR count). The summed E-state index contributed by atoms with van der Waals surface area (Å²) in [6, 6.07) is 13.3. The van der Waals surface area contributed by atoms with Crippen molar-refractivity contribution in [1.29, 1.82) is 0 Å². The van der Waals surface area contributed by atoms with Gasteiger partial charge in [0.25, 0.3) is 5.91 Å². The van der Waals surface area contributed by atoms with E-state index in [1.165, 1.54) is 4.68 Å². The molecule has 31 heavy (non-hydrogen) atoms. The molecule has 0 aliphatic carbocycles. The molecule has 3 aromatic rings.